The number of hydrogen-bond donors (Lipinski definition) is 1. The third-order valence-electron chi connectivity index (χ3n) is 2.82. The van der Waals surface area contributed by atoms with Crippen molar-refractivity contribution in [2.24, 2.45) is 5.14 Å². The first kappa shape index (κ1) is 13.2. The molecule has 18 heavy (non-hydrogen) atoms. The van der Waals surface area contributed by atoms with Crippen molar-refractivity contribution >= 4 is 25.6 Å². The third kappa shape index (κ3) is 2.06. The fourth-order valence-electron chi connectivity index (χ4n) is 1.92. The Bertz CT molecular complexity index is 747. The Morgan fingerprint density at radius 3 is 2.44 bits per heavy atom. The second-order valence-corrected chi connectivity index (χ2v) is 7.76. The van der Waals surface area contributed by atoms with Crippen molar-refractivity contribution in [1.82, 2.24) is 0 Å². The molecule has 0 atom stereocenters. The standard InChI is InChI=1S/C10H11NO5S2/c1-6-4-7-8(12)2-3-17(13,14)10(7)5-9(6)18(11,15)16/h4-5H,2-3H2,1H3,(H2,11,15,16). The lowest BCUT2D eigenvalue weighted by Gasteiger charge is -2.17. The molecule has 1 aromatic carbocycles. The molecule has 98 valence electrons. The van der Waals surface area contributed by atoms with Gasteiger partial charge in [-0.05, 0) is 24.6 Å². The number of carbonyl (C=O) groups excluding carboxylic acids is 1. The number of aryl methyl sites for hydroxylation is 1. The maximum atomic E-state index is 11.8. The van der Waals surface area contributed by atoms with Crippen LogP contribution in [-0.2, 0) is 19.9 Å². The summed E-state index contributed by atoms with van der Waals surface area (Å²) in [5.41, 5.74) is 0.313. The molecule has 0 spiro atoms. The van der Waals surface area contributed by atoms with E-state index < -0.39 is 19.9 Å². The van der Waals surface area contributed by atoms with Gasteiger partial charge in [0.2, 0.25) is 10.0 Å². The molecule has 0 aromatic heterocycles. The lowest BCUT2D eigenvalue weighted by Crippen LogP contribution is -2.23. The lowest BCUT2D eigenvalue weighted by molar-refractivity contribution is 0.0982. The number of hydrogen-bond acceptors (Lipinski definition) is 5. The summed E-state index contributed by atoms with van der Waals surface area (Å²) >= 11 is 0. The number of Topliss-reactive ketones (excluding diaryl/α,β-unsaturated/α-hetero) is 1. The highest BCUT2D eigenvalue weighted by Gasteiger charge is 2.31. The third-order valence-corrected chi connectivity index (χ3v) is 5.62. The van der Waals surface area contributed by atoms with Crippen molar-refractivity contribution < 1.29 is 21.6 Å². The van der Waals surface area contributed by atoms with Gasteiger partial charge in [-0.3, -0.25) is 4.79 Å². The van der Waals surface area contributed by atoms with Gasteiger partial charge in [0.05, 0.1) is 15.5 Å². The van der Waals surface area contributed by atoms with E-state index in [4.69, 9.17) is 5.14 Å². The molecule has 0 radical (unpaired) electrons. The highest BCUT2D eigenvalue weighted by molar-refractivity contribution is 7.91. The molecule has 0 unspecified atom stereocenters. The first-order valence-electron chi connectivity index (χ1n) is 5.06. The first-order chi connectivity index (χ1) is 8.13. The SMILES string of the molecule is Cc1cc2c(cc1S(N)(=O)=O)S(=O)(=O)CCC2=O. The predicted octanol–water partition coefficient (Wildman–Crippen LogP) is 0.00252. The average Bonchev–Trinajstić information content (AvgIpc) is 2.22. The molecule has 2 N–H and O–H groups in total. The van der Waals surface area contributed by atoms with E-state index in [2.05, 4.69) is 0 Å². The summed E-state index contributed by atoms with van der Waals surface area (Å²) in [4.78, 5) is 11.1. The molecule has 0 saturated heterocycles. The number of carbonyl (C=O) groups is 1. The Morgan fingerprint density at radius 1 is 1.28 bits per heavy atom. The van der Waals surface area contributed by atoms with E-state index in [0.29, 0.717) is 0 Å². The van der Waals surface area contributed by atoms with Gasteiger partial charge < -0.3 is 0 Å². The van der Waals surface area contributed by atoms with Gasteiger partial charge in [-0.15, -0.1) is 0 Å². The van der Waals surface area contributed by atoms with E-state index in [9.17, 15) is 21.6 Å². The van der Waals surface area contributed by atoms with Crippen LogP contribution in [0.25, 0.3) is 0 Å². The highest BCUT2D eigenvalue weighted by atomic mass is 32.2. The fraction of sp³-hybridized carbons (Fsp3) is 0.300. The minimum atomic E-state index is -4.01. The van der Waals surface area contributed by atoms with E-state index in [0.717, 1.165) is 6.07 Å². The number of nitrogens with two attached hydrogens (primary N) is 1. The number of rotatable bonds is 1. The van der Waals surface area contributed by atoms with Crippen LogP contribution in [0, 0.1) is 6.92 Å². The Morgan fingerprint density at radius 2 is 1.89 bits per heavy atom. The van der Waals surface area contributed by atoms with E-state index in [-0.39, 0.29) is 38.9 Å². The zero-order chi connectivity index (χ0) is 13.7. The fourth-order valence-corrected chi connectivity index (χ4v) is 4.27. The normalized spacial score (nSPS) is 18.4. The second kappa shape index (κ2) is 3.87. The van der Waals surface area contributed by atoms with Gasteiger partial charge in [0.15, 0.2) is 15.6 Å². The van der Waals surface area contributed by atoms with Crippen LogP contribution in [0.3, 0.4) is 0 Å². The molecular formula is C10H11NO5S2. The van der Waals surface area contributed by atoms with Gasteiger partial charge in [0.25, 0.3) is 0 Å². The van der Waals surface area contributed by atoms with Crippen LogP contribution >= 0.6 is 0 Å². The summed E-state index contributed by atoms with van der Waals surface area (Å²) in [6, 6.07) is 2.25. The smallest absolute Gasteiger partial charge is 0.238 e. The Hall–Kier alpha value is -1.25. The molecule has 0 fully saturated rings. The molecular weight excluding hydrogens is 278 g/mol. The first-order valence-corrected chi connectivity index (χ1v) is 8.26. The van der Waals surface area contributed by atoms with Crippen molar-refractivity contribution in [1.29, 1.82) is 0 Å². The van der Waals surface area contributed by atoms with E-state index in [1.807, 2.05) is 0 Å². The molecule has 0 bridgehead atoms. The number of primary sulfonamides is 1. The topological polar surface area (TPSA) is 111 Å². The molecule has 0 saturated carbocycles. The van der Waals surface area contributed by atoms with Gasteiger partial charge in [0, 0.05) is 12.0 Å². The molecule has 6 nitrogen and oxygen atoms in total. The highest BCUT2D eigenvalue weighted by Crippen LogP contribution is 2.29. The molecule has 1 heterocycles. The van der Waals surface area contributed by atoms with Crippen molar-refractivity contribution in [3.05, 3.63) is 23.3 Å². The average molecular weight is 289 g/mol. The Balaban J connectivity index is 2.87. The maximum Gasteiger partial charge on any atom is 0.238 e. The van der Waals surface area contributed by atoms with Crippen LogP contribution in [0.1, 0.15) is 22.3 Å². The van der Waals surface area contributed by atoms with Gasteiger partial charge in [-0.1, -0.05) is 0 Å². The summed E-state index contributed by atoms with van der Waals surface area (Å²) in [7, 11) is -7.63. The predicted molar refractivity (Wildman–Crippen MR) is 63.6 cm³/mol. The van der Waals surface area contributed by atoms with Crippen molar-refractivity contribution in [3.8, 4) is 0 Å². The minimum Gasteiger partial charge on any atom is -0.294 e. The molecule has 1 aromatic rings. The molecule has 8 heteroatoms. The minimum absolute atomic E-state index is 0.0474. The lowest BCUT2D eigenvalue weighted by atomic mass is 10.1. The number of benzene rings is 1. The van der Waals surface area contributed by atoms with Gasteiger partial charge >= 0.3 is 0 Å². The number of sulfone groups is 1. The van der Waals surface area contributed by atoms with Gasteiger partial charge in [0.1, 0.15) is 0 Å². The Kier molecular flexibility index (Phi) is 2.84. The number of fused-ring (bicyclic) bond motifs is 1. The molecule has 2 rings (SSSR count). The molecule has 0 aliphatic carbocycles. The van der Waals surface area contributed by atoms with Crippen LogP contribution in [0.5, 0.6) is 0 Å². The molecule has 1 aliphatic rings. The van der Waals surface area contributed by atoms with Crippen molar-refractivity contribution in [2.45, 2.75) is 23.1 Å². The van der Waals surface area contributed by atoms with Crippen LogP contribution in [-0.4, -0.2) is 28.4 Å². The molecule has 1 aliphatic heterocycles. The van der Waals surface area contributed by atoms with Crippen molar-refractivity contribution in [2.75, 3.05) is 5.75 Å². The summed E-state index contributed by atoms with van der Waals surface area (Å²) in [5, 5.41) is 5.01. The monoisotopic (exact) mass is 289 g/mol. The zero-order valence-corrected chi connectivity index (χ0v) is 11.1. The Labute approximate surface area is 105 Å². The van der Waals surface area contributed by atoms with Crippen LogP contribution in [0.15, 0.2) is 21.9 Å². The maximum absolute atomic E-state index is 11.8. The quantitative estimate of drug-likeness (QED) is 0.782. The number of ketones is 1. The number of sulfonamides is 1. The second-order valence-electron chi connectivity index (χ2n) is 4.15. The van der Waals surface area contributed by atoms with Crippen LogP contribution in [0.4, 0.5) is 0 Å². The largest absolute Gasteiger partial charge is 0.294 e. The molecule has 0 amide bonds. The van der Waals surface area contributed by atoms with Crippen LogP contribution < -0.4 is 5.14 Å². The summed E-state index contributed by atoms with van der Waals surface area (Å²) < 4.78 is 46.3. The van der Waals surface area contributed by atoms with E-state index >= 15 is 0 Å². The van der Waals surface area contributed by atoms with Crippen LogP contribution in [0.2, 0.25) is 0 Å². The summed E-state index contributed by atoms with van der Waals surface area (Å²) in [6.45, 7) is 1.47. The van der Waals surface area contributed by atoms with E-state index in [1.54, 1.807) is 0 Å². The zero-order valence-electron chi connectivity index (χ0n) is 9.50. The van der Waals surface area contributed by atoms with E-state index in [1.165, 1.54) is 13.0 Å². The van der Waals surface area contributed by atoms with Gasteiger partial charge in [-0.2, -0.15) is 0 Å². The van der Waals surface area contributed by atoms with Gasteiger partial charge in [-0.25, -0.2) is 22.0 Å². The van der Waals surface area contributed by atoms with Crippen molar-refractivity contribution in [3.63, 3.8) is 0 Å². The summed E-state index contributed by atoms with van der Waals surface area (Å²) in [6.07, 6.45) is -0.0799. The summed E-state index contributed by atoms with van der Waals surface area (Å²) in [5.74, 6) is -0.602.